The molecule has 2 fully saturated rings. The molecule has 128 valence electrons. The van der Waals surface area contributed by atoms with Crippen molar-refractivity contribution in [1.82, 2.24) is 15.1 Å². The lowest BCUT2D eigenvalue weighted by Crippen LogP contribution is -2.55. The van der Waals surface area contributed by atoms with Gasteiger partial charge in [0.1, 0.15) is 0 Å². The first-order valence-electron chi connectivity index (χ1n) is 8.76. The van der Waals surface area contributed by atoms with Gasteiger partial charge >= 0.3 is 6.09 Å². The minimum atomic E-state index is -0.780. The summed E-state index contributed by atoms with van der Waals surface area (Å²) in [6.07, 6.45) is 5.32. The summed E-state index contributed by atoms with van der Waals surface area (Å²) in [7, 11) is 0. The molecule has 0 aromatic heterocycles. The van der Waals surface area contributed by atoms with Gasteiger partial charge in [-0.3, -0.25) is 0 Å². The highest BCUT2D eigenvalue weighted by Gasteiger charge is 2.40. The lowest BCUT2D eigenvalue weighted by molar-refractivity contribution is 0.0227. The van der Waals surface area contributed by atoms with Crippen LogP contribution in [0.3, 0.4) is 0 Å². The van der Waals surface area contributed by atoms with E-state index < -0.39 is 6.09 Å². The van der Waals surface area contributed by atoms with E-state index in [1.165, 1.54) is 19.3 Å². The fourth-order valence-electron chi connectivity index (χ4n) is 3.94. The summed E-state index contributed by atoms with van der Waals surface area (Å²) in [5, 5.41) is 13.1. The number of carbonyl (C=O) groups is 1. The molecule has 1 aliphatic heterocycles. The van der Waals surface area contributed by atoms with Crippen LogP contribution in [0.15, 0.2) is 0 Å². The quantitative estimate of drug-likeness (QED) is 0.838. The van der Waals surface area contributed by atoms with Crippen LogP contribution in [-0.2, 0) is 0 Å². The Balaban J connectivity index is 2.11. The van der Waals surface area contributed by atoms with Gasteiger partial charge in [-0.25, -0.2) is 4.79 Å². The Hall–Kier alpha value is -0.810. The van der Waals surface area contributed by atoms with Crippen molar-refractivity contribution >= 4 is 6.09 Å². The Bertz CT molecular complexity index is 367. The van der Waals surface area contributed by atoms with Crippen molar-refractivity contribution in [2.24, 2.45) is 5.41 Å². The van der Waals surface area contributed by atoms with E-state index in [2.05, 4.69) is 10.2 Å². The third-order valence-electron chi connectivity index (χ3n) is 5.22. The maximum atomic E-state index is 11.8. The van der Waals surface area contributed by atoms with Crippen molar-refractivity contribution in [2.75, 3.05) is 39.3 Å². The second-order valence-electron chi connectivity index (χ2n) is 8.13. The maximum Gasteiger partial charge on any atom is 0.407 e. The fourth-order valence-corrected chi connectivity index (χ4v) is 3.94. The first kappa shape index (κ1) is 17.5. The normalized spacial score (nSPS) is 23.2. The molecule has 22 heavy (non-hydrogen) atoms. The molecule has 0 aromatic carbocycles. The van der Waals surface area contributed by atoms with Crippen LogP contribution in [0.2, 0.25) is 0 Å². The molecule has 1 amide bonds. The lowest BCUT2D eigenvalue weighted by Gasteiger charge is -2.47. The van der Waals surface area contributed by atoms with Gasteiger partial charge in [-0.15, -0.1) is 0 Å². The predicted octanol–water partition coefficient (Wildman–Crippen LogP) is 2.62. The second kappa shape index (κ2) is 7.18. The van der Waals surface area contributed by atoms with Crippen molar-refractivity contribution in [3.05, 3.63) is 0 Å². The monoisotopic (exact) mass is 311 g/mol. The Morgan fingerprint density at radius 1 is 1.18 bits per heavy atom. The molecule has 1 aliphatic carbocycles. The summed E-state index contributed by atoms with van der Waals surface area (Å²) in [6, 6.07) is 0. The zero-order valence-corrected chi connectivity index (χ0v) is 14.5. The fraction of sp³-hybridized carbons (Fsp3) is 0.941. The number of nitrogens with zero attached hydrogens (tertiary/aromatic N) is 2. The van der Waals surface area contributed by atoms with Crippen LogP contribution < -0.4 is 5.32 Å². The van der Waals surface area contributed by atoms with Gasteiger partial charge in [0.2, 0.25) is 0 Å². The second-order valence-corrected chi connectivity index (χ2v) is 8.13. The molecule has 2 N–H and O–H groups in total. The van der Waals surface area contributed by atoms with Gasteiger partial charge in [0.25, 0.3) is 0 Å². The van der Waals surface area contributed by atoms with Crippen molar-refractivity contribution in [3.63, 3.8) is 0 Å². The van der Waals surface area contributed by atoms with Crippen LogP contribution in [0.1, 0.15) is 52.9 Å². The molecule has 1 saturated carbocycles. The summed E-state index contributed by atoms with van der Waals surface area (Å²) < 4.78 is 0. The number of nitrogens with one attached hydrogen (secondary N) is 1. The van der Waals surface area contributed by atoms with E-state index in [0.717, 1.165) is 45.6 Å². The molecule has 0 bridgehead atoms. The molecule has 0 unspecified atom stereocenters. The molecule has 0 aromatic rings. The minimum absolute atomic E-state index is 0.140. The third kappa shape index (κ3) is 4.59. The van der Waals surface area contributed by atoms with Gasteiger partial charge in [-0.2, -0.15) is 0 Å². The largest absolute Gasteiger partial charge is 0.465 e. The highest BCUT2D eigenvalue weighted by atomic mass is 16.4. The molecular weight excluding hydrogens is 278 g/mol. The van der Waals surface area contributed by atoms with Crippen LogP contribution >= 0.6 is 0 Å². The predicted molar refractivity (Wildman–Crippen MR) is 89.3 cm³/mol. The number of hydrogen-bond donors (Lipinski definition) is 2. The standard InChI is InChI=1S/C17H33N3O2/c1-16(2,3)20(15(21)22)14-17(7-5-4-6-8-17)13-19-11-9-18-10-12-19/h18H,4-14H2,1-3H3,(H,21,22). The molecule has 5 nitrogen and oxygen atoms in total. The van der Waals surface area contributed by atoms with Gasteiger partial charge in [0.05, 0.1) is 0 Å². The number of rotatable bonds is 4. The van der Waals surface area contributed by atoms with Gasteiger partial charge in [-0.1, -0.05) is 19.3 Å². The smallest absolute Gasteiger partial charge is 0.407 e. The molecular formula is C17H33N3O2. The molecule has 5 heteroatoms. The Labute approximate surface area is 135 Å². The molecule has 1 saturated heterocycles. The zero-order chi connectivity index (χ0) is 16.2. The van der Waals surface area contributed by atoms with Crippen LogP contribution in [0.5, 0.6) is 0 Å². The first-order chi connectivity index (χ1) is 10.3. The molecule has 2 rings (SSSR count). The van der Waals surface area contributed by atoms with Crippen LogP contribution in [-0.4, -0.2) is 65.8 Å². The summed E-state index contributed by atoms with van der Waals surface area (Å²) in [6.45, 7) is 12.0. The number of carboxylic acid groups (broad SMARTS) is 1. The van der Waals surface area contributed by atoms with E-state index in [9.17, 15) is 9.90 Å². The molecule has 1 heterocycles. The summed E-state index contributed by atoms with van der Waals surface area (Å²) in [4.78, 5) is 16.0. The Morgan fingerprint density at radius 2 is 1.77 bits per heavy atom. The SMILES string of the molecule is CC(C)(C)N(CC1(CN2CCNCC2)CCCCC1)C(=O)O. The van der Waals surface area contributed by atoms with E-state index in [1.807, 2.05) is 20.8 Å². The third-order valence-corrected chi connectivity index (χ3v) is 5.22. The van der Waals surface area contributed by atoms with Crippen molar-refractivity contribution in [1.29, 1.82) is 0 Å². The van der Waals surface area contributed by atoms with E-state index in [-0.39, 0.29) is 11.0 Å². The number of piperazine rings is 1. The Morgan fingerprint density at radius 3 is 2.27 bits per heavy atom. The molecule has 0 spiro atoms. The lowest BCUT2D eigenvalue weighted by atomic mass is 9.72. The minimum Gasteiger partial charge on any atom is -0.465 e. The Kier molecular flexibility index (Phi) is 5.72. The van der Waals surface area contributed by atoms with Crippen molar-refractivity contribution in [3.8, 4) is 0 Å². The molecule has 2 aliphatic rings. The van der Waals surface area contributed by atoms with E-state index in [4.69, 9.17) is 0 Å². The zero-order valence-electron chi connectivity index (χ0n) is 14.5. The first-order valence-corrected chi connectivity index (χ1v) is 8.76. The molecule has 0 atom stereocenters. The van der Waals surface area contributed by atoms with Gasteiger partial charge in [-0.05, 0) is 33.6 Å². The molecule has 0 radical (unpaired) electrons. The van der Waals surface area contributed by atoms with Crippen LogP contribution in [0.4, 0.5) is 4.79 Å². The average molecular weight is 311 g/mol. The topological polar surface area (TPSA) is 55.8 Å². The van der Waals surface area contributed by atoms with Crippen LogP contribution in [0.25, 0.3) is 0 Å². The summed E-state index contributed by atoms with van der Waals surface area (Å²) >= 11 is 0. The van der Waals surface area contributed by atoms with Gasteiger partial charge in [0.15, 0.2) is 0 Å². The van der Waals surface area contributed by atoms with Gasteiger partial charge in [0, 0.05) is 50.2 Å². The maximum absolute atomic E-state index is 11.8. The average Bonchev–Trinajstić information content (AvgIpc) is 2.45. The highest BCUT2D eigenvalue weighted by Crippen LogP contribution is 2.39. The number of hydrogen-bond acceptors (Lipinski definition) is 3. The van der Waals surface area contributed by atoms with Crippen molar-refractivity contribution < 1.29 is 9.90 Å². The van der Waals surface area contributed by atoms with Gasteiger partial charge < -0.3 is 20.2 Å². The van der Waals surface area contributed by atoms with Crippen LogP contribution in [0, 0.1) is 5.41 Å². The number of amides is 1. The summed E-state index contributed by atoms with van der Waals surface area (Å²) in [5.74, 6) is 0. The van der Waals surface area contributed by atoms with Crippen molar-refractivity contribution in [2.45, 2.75) is 58.4 Å². The highest BCUT2D eigenvalue weighted by molar-refractivity contribution is 5.66. The van der Waals surface area contributed by atoms with E-state index in [0.29, 0.717) is 6.54 Å². The summed E-state index contributed by atoms with van der Waals surface area (Å²) in [5.41, 5.74) is -0.193. The van der Waals surface area contributed by atoms with E-state index in [1.54, 1.807) is 4.90 Å². The van der Waals surface area contributed by atoms with E-state index >= 15 is 0 Å².